The molecule has 1 aliphatic carbocycles. The SMILES string of the molecule is OC1CCC(CNc2nccn3cnnc23)C1. The van der Waals surface area contributed by atoms with Crippen molar-refractivity contribution in [3.63, 3.8) is 0 Å². The molecule has 90 valence electrons. The van der Waals surface area contributed by atoms with Gasteiger partial charge in [0.25, 0.3) is 0 Å². The molecule has 2 heterocycles. The van der Waals surface area contributed by atoms with Gasteiger partial charge < -0.3 is 10.4 Å². The number of aliphatic hydroxyl groups excluding tert-OH is 1. The van der Waals surface area contributed by atoms with Crippen molar-refractivity contribution in [1.29, 1.82) is 0 Å². The molecule has 0 radical (unpaired) electrons. The van der Waals surface area contributed by atoms with E-state index in [1.54, 1.807) is 12.5 Å². The van der Waals surface area contributed by atoms with Gasteiger partial charge in [-0.05, 0) is 25.2 Å². The fraction of sp³-hybridized carbons (Fsp3) is 0.545. The number of aromatic nitrogens is 4. The molecule has 17 heavy (non-hydrogen) atoms. The van der Waals surface area contributed by atoms with Crippen LogP contribution in [0.25, 0.3) is 5.65 Å². The van der Waals surface area contributed by atoms with Gasteiger partial charge in [0, 0.05) is 18.9 Å². The molecule has 0 saturated heterocycles. The number of hydrogen-bond donors (Lipinski definition) is 2. The smallest absolute Gasteiger partial charge is 0.203 e. The molecule has 3 rings (SSSR count). The Labute approximate surface area is 98.7 Å². The summed E-state index contributed by atoms with van der Waals surface area (Å²) in [6.45, 7) is 0.830. The van der Waals surface area contributed by atoms with Crippen LogP contribution in [0.5, 0.6) is 0 Å². The van der Waals surface area contributed by atoms with E-state index in [4.69, 9.17) is 0 Å². The zero-order chi connectivity index (χ0) is 11.7. The van der Waals surface area contributed by atoms with Gasteiger partial charge in [-0.1, -0.05) is 0 Å². The first-order valence-corrected chi connectivity index (χ1v) is 5.89. The quantitative estimate of drug-likeness (QED) is 0.816. The molecule has 1 fully saturated rings. The van der Waals surface area contributed by atoms with Crippen LogP contribution in [0, 0.1) is 5.92 Å². The number of anilines is 1. The van der Waals surface area contributed by atoms with Crippen LogP contribution in [0.2, 0.25) is 0 Å². The van der Waals surface area contributed by atoms with Gasteiger partial charge in [-0.2, -0.15) is 0 Å². The molecule has 0 aliphatic heterocycles. The summed E-state index contributed by atoms with van der Waals surface area (Å²) in [5.41, 5.74) is 0.742. The molecule has 2 N–H and O–H groups in total. The first kappa shape index (κ1) is 10.5. The van der Waals surface area contributed by atoms with E-state index in [9.17, 15) is 5.11 Å². The fourth-order valence-electron chi connectivity index (χ4n) is 2.36. The number of nitrogens with one attached hydrogen (secondary N) is 1. The maximum Gasteiger partial charge on any atom is 0.203 e. The van der Waals surface area contributed by atoms with Crippen molar-refractivity contribution in [2.75, 3.05) is 11.9 Å². The van der Waals surface area contributed by atoms with Crippen LogP contribution in [-0.4, -0.2) is 37.3 Å². The fourth-order valence-corrected chi connectivity index (χ4v) is 2.36. The molecule has 0 amide bonds. The topological polar surface area (TPSA) is 75.3 Å². The number of nitrogens with zero attached hydrogens (tertiary/aromatic N) is 4. The van der Waals surface area contributed by atoms with E-state index in [0.29, 0.717) is 5.92 Å². The summed E-state index contributed by atoms with van der Waals surface area (Å²) in [5.74, 6) is 1.28. The van der Waals surface area contributed by atoms with E-state index in [0.717, 1.165) is 37.3 Å². The van der Waals surface area contributed by atoms with Crippen LogP contribution in [-0.2, 0) is 0 Å². The van der Waals surface area contributed by atoms with E-state index in [1.807, 2.05) is 10.6 Å². The average molecular weight is 233 g/mol. The number of fused-ring (bicyclic) bond motifs is 1. The maximum atomic E-state index is 9.47. The van der Waals surface area contributed by atoms with Crippen molar-refractivity contribution >= 4 is 11.5 Å². The Morgan fingerprint density at radius 2 is 2.41 bits per heavy atom. The maximum absolute atomic E-state index is 9.47. The first-order chi connectivity index (χ1) is 8.33. The second-order valence-electron chi connectivity index (χ2n) is 4.55. The summed E-state index contributed by atoms with van der Waals surface area (Å²) in [4.78, 5) is 4.26. The molecule has 0 bridgehead atoms. The highest BCUT2D eigenvalue weighted by atomic mass is 16.3. The third kappa shape index (κ3) is 2.08. The zero-order valence-corrected chi connectivity index (χ0v) is 9.45. The molecular weight excluding hydrogens is 218 g/mol. The second-order valence-corrected chi connectivity index (χ2v) is 4.55. The molecule has 2 unspecified atom stereocenters. The van der Waals surface area contributed by atoms with Gasteiger partial charge in [-0.3, -0.25) is 4.40 Å². The third-order valence-electron chi connectivity index (χ3n) is 3.29. The van der Waals surface area contributed by atoms with E-state index in [-0.39, 0.29) is 6.10 Å². The molecule has 1 saturated carbocycles. The van der Waals surface area contributed by atoms with Gasteiger partial charge in [-0.15, -0.1) is 10.2 Å². The minimum Gasteiger partial charge on any atom is -0.393 e. The summed E-state index contributed by atoms with van der Waals surface area (Å²) in [6, 6.07) is 0. The predicted molar refractivity (Wildman–Crippen MR) is 62.6 cm³/mol. The number of aliphatic hydroxyl groups is 1. The summed E-state index contributed by atoms with van der Waals surface area (Å²) in [6.07, 6.45) is 7.93. The molecule has 6 heteroatoms. The lowest BCUT2D eigenvalue weighted by Gasteiger charge is -2.11. The van der Waals surface area contributed by atoms with Crippen molar-refractivity contribution in [3.05, 3.63) is 18.7 Å². The van der Waals surface area contributed by atoms with Crippen molar-refractivity contribution < 1.29 is 5.11 Å². The van der Waals surface area contributed by atoms with Gasteiger partial charge in [0.15, 0.2) is 5.82 Å². The van der Waals surface area contributed by atoms with Crippen LogP contribution in [0.15, 0.2) is 18.7 Å². The molecule has 2 atom stereocenters. The van der Waals surface area contributed by atoms with E-state index in [1.165, 1.54) is 0 Å². The Morgan fingerprint density at radius 1 is 1.47 bits per heavy atom. The van der Waals surface area contributed by atoms with Crippen LogP contribution in [0.3, 0.4) is 0 Å². The Kier molecular flexibility index (Phi) is 2.64. The second kappa shape index (κ2) is 4.29. The van der Waals surface area contributed by atoms with Crippen LogP contribution >= 0.6 is 0 Å². The highest BCUT2D eigenvalue weighted by Crippen LogP contribution is 2.25. The highest BCUT2D eigenvalue weighted by Gasteiger charge is 2.22. The lowest BCUT2D eigenvalue weighted by Crippen LogP contribution is -2.14. The number of rotatable bonds is 3. The minimum absolute atomic E-state index is 0.126. The molecule has 0 aromatic carbocycles. The van der Waals surface area contributed by atoms with Gasteiger partial charge >= 0.3 is 0 Å². The Bertz CT molecular complexity index is 511. The van der Waals surface area contributed by atoms with E-state index >= 15 is 0 Å². The molecular formula is C11H15N5O. The summed E-state index contributed by atoms with van der Waals surface area (Å²) in [7, 11) is 0. The molecule has 2 aromatic heterocycles. The zero-order valence-electron chi connectivity index (χ0n) is 9.45. The Hall–Kier alpha value is -1.69. The lowest BCUT2D eigenvalue weighted by molar-refractivity contribution is 0.178. The first-order valence-electron chi connectivity index (χ1n) is 5.89. The molecule has 6 nitrogen and oxygen atoms in total. The molecule has 2 aromatic rings. The van der Waals surface area contributed by atoms with Crippen molar-refractivity contribution in [3.8, 4) is 0 Å². The lowest BCUT2D eigenvalue weighted by atomic mass is 10.1. The monoisotopic (exact) mass is 233 g/mol. The van der Waals surface area contributed by atoms with Gasteiger partial charge in [0.2, 0.25) is 5.65 Å². The molecule has 0 spiro atoms. The van der Waals surface area contributed by atoms with Crippen molar-refractivity contribution in [1.82, 2.24) is 19.6 Å². The van der Waals surface area contributed by atoms with Crippen molar-refractivity contribution in [2.45, 2.75) is 25.4 Å². The minimum atomic E-state index is -0.126. The van der Waals surface area contributed by atoms with Gasteiger partial charge in [-0.25, -0.2) is 4.98 Å². The Morgan fingerprint density at radius 3 is 3.24 bits per heavy atom. The standard InChI is InChI=1S/C11H15N5O/c17-9-2-1-8(5-9)6-13-10-11-15-14-7-16(11)4-3-12-10/h3-4,7-9,17H,1-2,5-6H2,(H,12,13). The van der Waals surface area contributed by atoms with Crippen LogP contribution in [0.1, 0.15) is 19.3 Å². The molecule has 1 aliphatic rings. The number of hydrogen-bond acceptors (Lipinski definition) is 5. The summed E-state index contributed by atoms with van der Waals surface area (Å²) < 4.78 is 1.83. The highest BCUT2D eigenvalue weighted by molar-refractivity contribution is 5.61. The normalized spacial score (nSPS) is 24.3. The van der Waals surface area contributed by atoms with E-state index < -0.39 is 0 Å². The Balaban J connectivity index is 1.70. The van der Waals surface area contributed by atoms with Gasteiger partial charge in [0.1, 0.15) is 6.33 Å². The van der Waals surface area contributed by atoms with Crippen molar-refractivity contribution in [2.24, 2.45) is 5.92 Å². The van der Waals surface area contributed by atoms with Crippen LogP contribution < -0.4 is 5.32 Å². The van der Waals surface area contributed by atoms with E-state index in [2.05, 4.69) is 20.5 Å². The average Bonchev–Trinajstić information content (AvgIpc) is 2.94. The van der Waals surface area contributed by atoms with Crippen LogP contribution in [0.4, 0.5) is 5.82 Å². The summed E-state index contributed by atoms with van der Waals surface area (Å²) in [5, 5.41) is 20.6. The third-order valence-corrected chi connectivity index (χ3v) is 3.29. The largest absolute Gasteiger partial charge is 0.393 e. The summed E-state index contributed by atoms with van der Waals surface area (Å²) >= 11 is 0. The van der Waals surface area contributed by atoms with Gasteiger partial charge in [0.05, 0.1) is 6.10 Å². The predicted octanol–water partition coefficient (Wildman–Crippen LogP) is 0.697.